The third-order valence-electron chi connectivity index (χ3n) is 3.78. The van der Waals surface area contributed by atoms with Gasteiger partial charge in [0, 0.05) is 42.1 Å². The molecule has 1 aromatic heterocycles. The van der Waals surface area contributed by atoms with Crippen molar-refractivity contribution in [3.8, 4) is 0 Å². The highest BCUT2D eigenvalue weighted by Crippen LogP contribution is 2.19. The van der Waals surface area contributed by atoms with Crippen molar-refractivity contribution in [2.24, 2.45) is 5.92 Å². The topological polar surface area (TPSA) is 41.9 Å². The van der Waals surface area contributed by atoms with Crippen LogP contribution in [-0.4, -0.2) is 22.9 Å². The van der Waals surface area contributed by atoms with Gasteiger partial charge in [-0.1, -0.05) is 28.1 Å². The van der Waals surface area contributed by atoms with Gasteiger partial charge in [-0.05, 0) is 24.6 Å². The van der Waals surface area contributed by atoms with E-state index < -0.39 is 0 Å². The Kier molecular flexibility index (Phi) is 4.08. The number of anilines is 1. The Balaban J connectivity index is 1.55. The Morgan fingerprint density at radius 2 is 2.40 bits per heavy atom. The molecule has 106 valence electrons. The molecule has 0 aliphatic carbocycles. The minimum absolute atomic E-state index is 0.353. The lowest BCUT2D eigenvalue weighted by molar-refractivity contribution is 0.376. The largest absolute Gasteiger partial charge is 0.370 e. The summed E-state index contributed by atoms with van der Waals surface area (Å²) in [6, 6.07) is 10.8. The van der Waals surface area contributed by atoms with Crippen LogP contribution in [0, 0.1) is 5.92 Å². The number of nitrogens with zero attached hydrogens (tertiary/aromatic N) is 2. The van der Waals surface area contributed by atoms with Crippen LogP contribution in [0.1, 0.15) is 18.5 Å². The number of aromatic nitrogens is 2. The van der Waals surface area contributed by atoms with Gasteiger partial charge in [0.15, 0.2) is 0 Å². The maximum Gasteiger partial charge on any atom is 0.124 e. The van der Waals surface area contributed by atoms with Crippen LogP contribution in [0.4, 0.5) is 5.82 Å². The Morgan fingerprint density at radius 1 is 1.50 bits per heavy atom. The van der Waals surface area contributed by atoms with Crippen LogP contribution in [0.15, 0.2) is 41.0 Å². The lowest BCUT2D eigenvalue weighted by Crippen LogP contribution is -2.36. The molecule has 0 fully saturated rings. The lowest BCUT2D eigenvalue weighted by Gasteiger charge is -2.26. The van der Waals surface area contributed by atoms with Gasteiger partial charge in [-0.3, -0.25) is 0 Å². The molecule has 3 rings (SSSR count). The normalized spacial score (nSPS) is 19.2. The van der Waals surface area contributed by atoms with Gasteiger partial charge in [-0.15, -0.1) is 0 Å². The first-order valence-electron chi connectivity index (χ1n) is 6.97. The summed E-state index contributed by atoms with van der Waals surface area (Å²) in [5.41, 5.74) is 1.31. The number of benzene rings is 1. The van der Waals surface area contributed by atoms with Crippen LogP contribution < -0.4 is 10.6 Å². The summed E-state index contributed by atoms with van der Waals surface area (Å²) in [6.45, 7) is 5.18. The average Bonchev–Trinajstić information content (AvgIpc) is 2.92. The highest BCUT2D eigenvalue weighted by Gasteiger charge is 2.18. The lowest BCUT2D eigenvalue weighted by atomic mass is 10.1. The van der Waals surface area contributed by atoms with E-state index in [1.54, 1.807) is 0 Å². The number of nitrogens with one attached hydrogen (secondary N) is 2. The molecule has 0 radical (unpaired) electrons. The Hall–Kier alpha value is -1.33. The van der Waals surface area contributed by atoms with E-state index >= 15 is 0 Å². The molecule has 2 heterocycles. The first-order chi connectivity index (χ1) is 9.72. The molecule has 1 aromatic carbocycles. The molecule has 1 aliphatic heterocycles. The fraction of sp³-hybridized carbons (Fsp3) is 0.400. The van der Waals surface area contributed by atoms with Crippen LogP contribution in [0.5, 0.6) is 0 Å². The zero-order valence-electron chi connectivity index (χ0n) is 11.5. The van der Waals surface area contributed by atoms with Crippen LogP contribution in [-0.2, 0) is 6.54 Å². The third kappa shape index (κ3) is 3.04. The molecule has 0 bridgehead atoms. The van der Waals surface area contributed by atoms with Crippen LogP contribution in [0.3, 0.4) is 0 Å². The van der Waals surface area contributed by atoms with Crippen molar-refractivity contribution in [2.75, 3.05) is 18.4 Å². The van der Waals surface area contributed by atoms with Crippen molar-refractivity contribution in [1.29, 1.82) is 0 Å². The van der Waals surface area contributed by atoms with Crippen molar-refractivity contribution in [1.82, 2.24) is 15.1 Å². The van der Waals surface area contributed by atoms with Gasteiger partial charge >= 0.3 is 0 Å². The molecule has 0 spiro atoms. The fourth-order valence-electron chi connectivity index (χ4n) is 2.56. The molecule has 4 nitrogen and oxygen atoms in total. The summed E-state index contributed by atoms with van der Waals surface area (Å²) in [5, 5.41) is 11.4. The smallest absolute Gasteiger partial charge is 0.124 e. The van der Waals surface area contributed by atoms with E-state index in [4.69, 9.17) is 0 Å². The molecule has 5 heteroatoms. The summed E-state index contributed by atoms with van der Waals surface area (Å²) in [5.74, 6) is 1.69. The standard InChI is InChI=1S/C15H19BrN4/c1-11(13-3-2-4-14(16)7-13)17-8-12-9-18-15-5-6-19-20(15)10-12/h2-7,11-12,17-18H,8-10H2,1H3/t11-,12-/m0/s1. The third-order valence-corrected chi connectivity index (χ3v) is 4.27. The number of fused-ring (bicyclic) bond motifs is 1. The number of hydrogen-bond acceptors (Lipinski definition) is 3. The molecule has 0 unspecified atom stereocenters. The van der Waals surface area contributed by atoms with Gasteiger partial charge in [0.05, 0.1) is 6.20 Å². The summed E-state index contributed by atoms with van der Waals surface area (Å²) in [4.78, 5) is 0. The first kappa shape index (κ1) is 13.6. The highest BCUT2D eigenvalue weighted by atomic mass is 79.9. The van der Waals surface area contributed by atoms with Crippen molar-refractivity contribution in [3.05, 3.63) is 46.6 Å². The molecular weight excluding hydrogens is 316 g/mol. The van der Waals surface area contributed by atoms with Crippen molar-refractivity contribution < 1.29 is 0 Å². The fourth-order valence-corrected chi connectivity index (χ4v) is 2.98. The molecular formula is C15H19BrN4. The molecule has 2 N–H and O–H groups in total. The van der Waals surface area contributed by atoms with E-state index in [0.29, 0.717) is 12.0 Å². The van der Waals surface area contributed by atoms with E-state index in [0.717, 1.165) is 29.9 Å². The van der Waals surface area contributed by atoms with Crippen LogP contribution >= 0.6 is 15.9 Å². The van der Waals surface area contributed by atoms with Crippen molar-refractivity contribution >= 4 is 21.7 Å². The predicted octanol–water partition coefficient (Wildman–Crippen LogP) is 3.04. The summed E-state index contributed by atoms with van der Waals surface area (Å²) < 4.78 is 3.17. The molecule has 2 atom stereocenters. The highest BCUT2D eigenvalue weighted by molar-refractivity contribution is 9.10. The van der Waals surface area contributed by atoms with Crippen LogP contribution in [0.25, 0.3) is 0 Å². The van der Waals surface area contributed by atoms with E-state index in [1.165, 1.54) is 5.56 Å². The van der Waals surface area contributed by atoms with Gasteiger partial charge in [-0.25, -0.2) is 4.68 Å². The zero-order valence-corrected chi connectivity index (χ0v) is 13.1. The Labute approximate surface area is 127 Å². The average molecular weight is 335 g/mol. The van der Waals surface area contributed by atoms with Crippen molar-refractivity contribution in [2.45, 2.75) is 19.5 Å². The van der Waals surface area contributed by atoms with Gasteiger partial charge in [0.1, 0.15) is 5.82 Å². The Morgan fingerprint density at radius 3 is 3.25 bits per heavy atom. The summed E-state index contributed by atoms with van der Waals surface area (Å²) in [6.07, 6.45) is 1.85. The second-order valence-corrected chi connectivity index (χ2v) is 6.25. The molecule has 0 saturated heterocycles. The second-order valence-electron chi connectivity index (χ2n) is 5.33. The molecule has 20 heavy (non-hydrogen) atoms. The van der Waals surface area contributed by atoms with Crippen LogP contribution in [0.2, 0.25) is 0 Å². The molecule has 1 aliphatic rings. The summed E-state index contributed by atoms with van der Waals surface area (Å²) in [7, 11) is 0. The first-order valence-corrected chi connectivity index (χ1v) is 7.76. The number of hydrogen-bond donors (Lipinski definition) is 2. The SMILES string of the molecule is C[C@H](NC[C@H]1CNc2ccnn2C1)c1cccc(Br)c1. The minimum atomic E-state index is 0.353. The predicted molar refractivity (Wildman–Crippen MR) is 84.8 cm³/mol. The quantitative estimate of drug-likeness (QED) is 0.902. The monoisotopic (exact) mass is 334 g/mol. The zero-order chi connectivity index (χ0) is 13.9. The van der Waals surface area contributed by atoms with Gasteiger partial charge in [0.2, 0.25) is 0 Å². The van der Waals surface area contributed by atoms with E-state index in [9.17, 15) is 0 Å². The van der Waals surface area contributed by atoms with Crippen molar-refractivity contribution in [3.63, 3.8) is 0 Å². The second kappa shape index (κ2) is 5.97. The maximum absolute atomic E-state index is 4.32. The Bertz CT molecular complexity index is 581. The molecule has 0 amide bonds. The summed E-state index contributed by atoms with van der Waals surface area (Å²) >= 11 is 3.52. The van der Waals surface area contributed by atoms with Gasteiger partial charge in [-0.2, -0.15) is 5.10 Å². The van der Waals surface area contributed by atoms with E-state index in [1.807, 2.05) is 16.9 Å². The molecule has 0 saturated carbocycles. The maximum atomic E-state index is 4.32. The minimum Gasteiger partial charge on any atom is -0.370 e. The van der Waals surface area contributed by atoms with E-state index in [-0.39, 0.29) is 0 Å². The van der Waals surface area contributed by atoms with Gasteiger partial charge in [0.25, 0.3) is 0 Å². The molecule has 2 aromatic rings. The number of rotatable bonds is 4. The van der Waals surface area contributed by atoms with Gasteiger partial charge < -0.3 is 10.6 Å². The van der Waals surface area contributed by atoms with E-state index in [2.05, 4.69) is 62.9 Å². The number of halogens is 1.